The molecule has 0 radical (unpaired) electrons. The van der Waals surface area contributed by atoms with E-state index in [2.05, 4.69) is 10.1 Å². The summed E-state index contributed by atoms with van der Waals surface area (Å²) in [6, 6.07) is 6.47. The number of amides is 3. The fraction of sp³-hybridized carbons (Fsp3) is 0.625. The predicted octanol–water partition coefficient (Wildman–Crippen LogP) is 2.33. The van der Waals surface area contributed by atoms with Crippen LogP contribution in [0.1, 0.15) is 44.1 Å². The molecule has 1 saturated heterocycles. The molecule has 172 valence electrons. The maximum atomic E-state index is 13.8. The maximum Gasteiger partial charge on any atom is 0.407 e. The summed E-state index contributed by atoms with van der Waals surface area (Å²) in [7, 11) is 1.31. The van der Waals surface area contributed by atoms with E-state index in [4.69, 9.17) is 5.73 Å². The number of methoxy groups -OCH3 is 1. The van der Waals surface area contributed by atoms with Crippen molar-refractivity contribution < 1.29 is 23.5 Å². The highest BCUT2D eigenvalue weighted by atomic mass is 19.1. The largest absolute Gasteiger partial charge is 0.453 e. The zero-order valence-corrected chi connectivity index (χ0v) is 18.3. The van der Waals surface area contributed by atoms with E-state index >= 15 is 0 Å². The van der Waals surface area contributed by atoms with Gasteiger partial charge in [0.25, 0.3) is 0 Å². The first-order valence-corrected chi connectivity index (χ1v) is 11.4. The van der Waals surface area contributed by atoms with Crippen LogP contribution >= 0.6 is 0 Å². The van der Waals surface area contributed by atoms with Gasteiger partial charge in [0.15, 0.2) is 0 Å². The molecule has 1 heterocycles. The van der Waals surface area contributed by atoms with Crippen LogP contribution in [0.15, 0.2) is 24.3 Å². The van der Waals surface area contributed by atoms with Crippen molar-refractivity contribution in [3.63, 3.8) is 0 Å². The summed E-state index contributed by atoms with van der Waals surface area (Å²) in [6.45, 7) is 0.910. The number of nitrogens with zero attached hydrogens (tertiary/aromatic N) is 1. The second kappa shape index (κ2) is 7.46. The summed E-state index contributed by atoms with van der Waals surface area (Å²) in [6.07, 6.45) is 4.04. The van der Waals surface area contributed by atoms with Crippen LogP contribution in [0.5, 0.6) is 0 Å². The van der Waals surface area contributed by atoms with E-state index in [1.165, 1.54) is 19.2 Å². The van der Waals surface area contributed by atoms with E-state index < -0.39 is 16.9 Å². The molecular weight excluding hydrogens is 413 g/mol. The summed E-state index contributed by atoms with van der Waals surface area (Å²) in [5, 5.41) is 2.72. The molecule has 2 atom stereocenters. The number of hydrogen-bond donors (Lipinski definition) is 2. The number of ether oxygens (including phenoxy) is 1. The summed E-state index contributed by atoms with van der Waals surface area (Å²) >= 11 is 0. The molecule has 3 amide bonds. The minimum atomic E-state index is -0.498. The Kier molecular flexibility index (Phi) is 4.94. The van der Waals surface area contributed by atoms with Crippen molar-refractivity contribution in [2.45, 2.75) is 50.0 Å². The van der Waals surface area contributed by atoms with Crippen molar-refractivity contribution in [3.05, 3.63) is 35.6 Å². The highest BCUT2D eigenvalue weighted by Crippen LogP contribution is 2.68. The van der Waals surface area contributed by atoms with E-state index in [9.17, 15) is 18.8 Å². The van der Waals surface area contributed by atoms with E-state index in [1.54, 1.807) is 4.90 Å². The first-order chi connectivity index (χ1) is 15.3. The van der Waals surface area contributed by atoms with Crippen molar-refractivity contribution in [2.24, 2.45) is 28.9 Å². The van der Waals surface area contributed by atoms with Gasteiger partial charge >= 0.3 is 6.09 Å². The molecule has 1 aromatic rings. The monoisotopic (exact) mass is 443 g/mol. The maximum absolute atomic E-state index is 13.8. The Bertz CT molecular complexity index is 927. The molecule has 4 bridgehead atoms. The Labute approximate surface area is 186 Å². The lowest BCUT2D eigenvalue weighted by atomic mass is 9.39. The van der Waals surface area contributed by atoms with Crippen molar-refractivity contribution in [1.82, 2.24) is 10.2 Å². The summed E-state index contributed by atoms with van der Waals surface area (Å²) in [4.78, 5) is 39.0. The first-order valence-electron chi connectivity index (χ1n) is 11.4. The quantitative estimate of drug-likeness (QED) is 0.729. The third-order valence-corrected chi connectivity index (χ3v) is 8.74. The van der Waals surface area contributed by atoms with E-state index in [0.29, 0.717) is 38.3 Å². The van der Waals surface area contributed by atoms with Crippen LogP contribution in [0.25, 0.3) is 0 Å². The van der Waals surface area contributed by atoms with Crippen molar-refractivity contribution in [1.29, 1.82) is 0 Å². The average molecular weight is 444 g/mol. The molecule has 3 N–H and O–H groups in total. The van der Waals surface area contributed by atoms with Crippen LogP contribution in [0.4, 0.5) is 9.18 Å². The molecule has 0 spiro atoms. The number of carbonyl (C=O) groups excluding carboxylic acids is 3. The first kappa shape index (κ1) is 21.2. The molecule has 32 heavy (non-hydrogen) atoms. The van der Waals surface area contributed by atoms with Gasteiger partial charge in [0.05, 0.1) is 13.2 Å². The number of nitrogens with two attached hydrogens (primary N) is 1. The van der Waals surface area contributed by atoms with Crippen LogP contribution in [0.3, 0.4) is 0 Å². The van der Waals surface area contributed by atoms with Crippen molar-refractivity contribution >= 4 is 17.9 Å². The zero-order chi connectivity index (χ0) is 22.7. The number of rotatable bonds is 5. The standard InChI is InChI=1S/C24H30FN3O4/c1-32-22(31)27-19-12-28(13-19)20(29)11-24(15-2-4-18(25)5-3-15)16-6-14-7-17(24)10-23(8-14,9-16)21(26)30/h2-5,14,16-17,19H,6-13H2,1H3,(H2,26,30)(H,27,31). The van der Waals surface area contributed by atoms with Gasteiger partial charge in [0.1, 0.15) is 5.82 Å². The predicted molar refractivity (Wildman–Crippen MR) is 114 cm³/mol. The molecule has 1 aromatic carbocycles. The minimum Gasteiger partial charge on any atom is -0.453 e. The topological polar surface area (TPSA) is 102 Å². The number of hydrogen-bond acceptors (Lipinski definition) is 4. The second-order valence-electron chi connectivity index (χ2n) is 10.3. The molecule has 4 aliphatic carbocycles. The van der Waals surface area contributed by atoms with Gasteiger partial charge in [-0.2, -0.15) is 0 Å². The number of likely N-dealkylation sites (tertiary alicyclic amines) is 1. The third-order valence-electron chi connectivity index (χ3n) is 8.74. The van der Waals surface area contributed by atoms with E-state index in [-0.39, 0.29) is 35.5 Å². The molecule has 5 fully saturated rings. The normalized spacial score (nSPS) is 35.3. The Balaban J connectivity index is 1.42. The number of primary amides is 1. The van der Waals surface area contributed by atoms with Gasteiger partial charge in [0.2, 0.25) is 11.8 Å². The SMILES string of the molecule is COC(=O)NC1CN(C(=O)CC2(c3ccc(F)cc3)C3CC4CC2CC(C(N)=O)(C4)C3)C1. The molecular formula is C24H30FN3O4. The van der Waals surface area contributed by atoms with E-state index in [1.807, 2.05) is 12.1 Å². The smallest absolute Gasteiger partial charge is 0.407 e. The van der Waals surface area contributed by atoms with Crippen LogP contribution in [-0.4, -0.2) is 49.0 Å². The van der Waals surface area contributed by atoms with Gasteiger partial charge in [-0.3, -0.25) is 9.59 Å². The minimum absolute atomic E-state index is 0.0397. The molecule has 5 aliphatic rings. The number of carbonyl (C=O) groups is 3. The lowest BCUT2D eigenvalue weighted by Gasteiger charge is -2.65. The number of alkyl carbamates (subject to hydrolysis) is 1. The molecule has 8 heteroatoms. The summed E-state index contributed by atoms with van der Waals surface area (Å²) < 4.78 is 18.4. The van der Waals surface area contributed by atoms with Crippen LogP contribution in [0, 0.1) is 29.0 Å². The Morgan fingerprint density at radius 2 is 1.75 bits per heavy atom. The third kappa shape index (κ3) is 3.18. The Morgan fingerprint density at radius 1 is 1.12 bits per heavy atom. The van der Waals surface area contributed by atoms with Gasteiger partial charge in [-0.05, 0) is 67.6 Å². The Hall–Kier alpha value is -2.64. The number of halogens is 1. The van der Waals surface area contributed by atoms with Gasteiger partial charge in [-0.15, -0.1) is 0 Å². The molecule has 6 rings (SSSR count). The van der Waals surface area contributed by atoms with Gasteiger partial charge in [-0.25, -0.2) is 9.18 Å². The molecule has 2 unspecified atom stereocenters. The zero-order valence-electron chi connectivity index (χ0n) is 18.3. The van der Waals surface area contributed by atoms with Crippen molar-refractivity contribution in [3.8, 4) is 0 Å². The molecule has 4 saturated carbocycles. The second-order valence-corrected chi connectivity index (χ2v) is 10.3. The van der Waals surface area contributed by atoms with Crippen molar-refractivity contribution in [2.75, 3.05) is 20.2 Å². The summed E-state index contributed by atoms with van der Waals surface area (Å²) in [5.41, 5.74) is 5.99. The lowest BCUT2D eigenvalue weighted by Crippen LogP contribution is -2.65. The van der Waals surface area contributed by atoms with Crippen LogP contribution < -0.4 is 11.1 Å². The van der Waals surface area contributed by atoms with Gasteiger partial charge < -0.3 is 20.7 Å². The number of nitrogens with one attached hydrogen (secondary N) is 1. The fourth-order valence-corrected chi connectivity index (χ4v) is 7.38. The Morgan fingerprint density at radius 3 is 2.31 bits per heavy atom. The van der Waals surface area contributed by atoms with Gasteiger partial charge in [-0.1, -0.05) is 12.1 Å². The fourth-order valence-electron chi connectivity index (χ4n) is 7.38. The van der Waals surface area contributed by atoms with Crippen LogP contribution in [-0.2, 0) is 19.7 Å². The molecule has 1 aliphatic heterocycles. The number of benzene rings is 1. The average Bonchev–Trinajstić information content (AvgIpc) is 2.72. The van der Waals surface area contributed by atoms with Crippen LogP contribution in [0.2, 0.25) is 0 Å². The summed E-state index contributed by atoms with van der Waals surface area (Å²) in [5.74, 6) is 0.323. The molecule has 0 aromatic heterocycles. The lowest BCUT2D eigenvalue weighted by molar-refractivity contribution is -0.160. The molecule has 7 nitrogen and oxygen atoms in total. The highest BCUT2D eigenvalue weighted by molar-refractivity contribution is 5.83. The van der Waals surface area contributed by atoms with Gasteiger partial charge in [0, 0.05) is 30.3 Å². The highest BCUT2D eigenvalue weighted by Gasteiger charge is 2.64. The van der Waals surface area contributed by atoms with E-state index in [0.717, 1.165) is 24.8 Å².